The lowest BCUT2D eigenvalue weighted by Crippen LogP contribution is -1.84. The van der Waals surface area contributed by atoms with Gasteiger partial charge in [-0.3, -0.25) is 0 Å². The van der Waals surface area contributed by atoms with Crippen LogP contribution in [0.3, 0.4) is 0 Å². The van der Waals surface area contributed by atoms with E-state index in [4.69, 9.17) is 16.0 Å². The van der Waals surface area contributed by atoms with Gasteiger partial charge in [0.2, 0.25) is 0 Å². The van der Waals surface area contributed by atoms with Crippen LogP contribution >= 0.6 is 11.6 Å². The first-order valence-electron chi connectivity index (χ1n) is 3.38. The molecular weight excluding hydrogens is 176 g/mol. The molecule has 0 saturated carbocycles. The lowest BCUT2D eigenvalue weighted by atomic mass is 10.3. The molecule has 0 aliphatic carbocycles. The highest BCUT2D eigenvalue weighted by Crippen LogP contribution is 2.18. The third-order valence-electron chi connectivity index (χ3n) is 1.39. The summed E-state index contributed by atoms with van der Waals surface area (Å²) in [6.07, 6.45) is 3.06. The molecule has 2 aromatic heterocycles. The summed E-state index contributed by atoms with van der Waals surface area (Å²) < 4.78 is 5.11. The third-order valence-corrected chi connectivity index (χ3v) is 1.60. The summed E-state index contributed by atoms with van der Waals surface area (Å²) in [5, 5.41) is 8.10. The van der Waals surface area contributed by atoms with Gasteiger partial charge in [0.15, 0.2) is 5.76 Å². The Morgan fingerprint density at radius 1 is 1.42 bits per heavy atom. The van der Waals surface area contributed by atoms with Crippen molar-refractivity contribution in [2.75, 3.05) is 0 Å². The molecule has 2 heterocycles. The van der Waals surface area contributed by atoms with Crippen LogP contribution in [-0.2, 0) is 0 Å². The number of nitrogens with zero attached hydrogens (tertiary/aromatic N) is 2. The smallest absolute Gasteiger partial charge is 0.154 e. The highest BCUT2D eigenvalue weighted by Gasteiger charge is 2.02. The van der Waals surface area contributed by atoms with Crippen molar-refractivity contribution in [2.45, 2.75) is 0 Å². The van der Waals surface area contributed by atoms with E-state index in [2.05, 4.69) is 10.2 Å². The van der Waals surface area contributed by atoms with E-state index >= 15 is 0 Å². The second-order valence-electron chi connectivity index (χ2n) is 2.24. The lowest BCUT2D eigenvalue weighted by Gasteiger charge is -1.93. The van der Waals surface area contributed by atoms with Gasteiger partial charge in [-0.05, 0) is 18.2 Å². The molecule has 0 aliphatic heterocycles. The topological polar surface area (TPSA) is 38.9 Å². The quantitative estimate of drug-likeness (QED) is 0.677. The first-order chi connectivity index (χ1) is 5.86. The van der Waals surface area contributed by atoms with Gasteiger partial charge in [0.1, 0.15) is 5.69 Å². The fourth-order valence-electron chi connectivity index (χ4n) is 0.888. The molecule has 0 N–H and O–H groups in total. The van der Waals surface area contributed by atoms with Crippen LogP contribution in [0.1, 0.15) is 0 Å². The number of halogens is 1. The maximum atomic E-state index is 5.72. The third kappa shape index (κ3) is 1.31. The van der Waals surface area contributed by atoms with Crippen molar-refractivity contribution in [1.82, 2.24) is 10.2 Å². The minimum Gasteiger partial charge on any atom is -0.463 e. The van der Waals surface area contributed by atoms with Gasteiger partial charge in [-0.25, -0.2) is 0 Å². The molecule has 0 atom stereocenters. The Bertz CT molecular complexity index is 372. The average Bonchev–Trinajstić information content (AvgIpc) is 2.56. The highest BCUT2D eigenvalue weighted by atomic mass is 35.5. The minimum absolute atomic E-state index is 0.552. The average molecular weight is 181 g/mol. The predicted octanol–water partition coefficient (Wildman–Crippen LogP) is 2.39. The molecule has 0 saturated heterocycles. The highest BCUT2D eigenvalue weighted by molar-refractivity contribution is 6.30. The Hall–Kier alpha value is -1.35. The summed E-state index contributed by atoms with van der Waals surface area (Å²) in [7, 11) is 0. The molecular formula is C8H5ClN2O. The molecule has 0 radical (unpaired) electrons. The Morgan fingerprint density at radius 2 is 2.33 bits per heavy atom. The molecule has 0 aliphatic rings. The number of hydrogen-bond acceptors (Lipinski definition) is 3. The van der Waals surface area contributed by atoms with Crippen LogP contribution in [0.5, 0.6) is 0 Å². The van der Waals surface area contributed by atoms with Gasteiger partial charge in [-0.2, -0.15) is 5.10 Å². The first kappa shape index (κ1) is 7.31. The maximum Gasteiger partial charge on any atom is 0.154 e. The van der Waals surface area contributed by atoms with Gasteiger partial charge in [0, 0.05) is 0 Å². The van der Waals surface area contributed by atoms with Crippen LogP contribution in [0.2, 0.25) is 5.02 Å². The van der Waals surface area contributed by atoms with Crippen LogP contribution in [0, 0.1) is 0 Å². The molecule has 0 aromatic carbocycles. The zero-order valence-electron chi connectivity index (χ0n) is 6.07. The van der Waals surface area contributed by atoms with Gasteiger partial charge in [-0.1, -0.05) is 11.6 Å². The second-order valence-corrected chi connectivity index (χ2v) is 2.67. The monoisotopic (exact) mass is 180 g/mol. The van der Waals surface area contributed by atoms with Crippen molar-refractivity contribution < 1.29 is 4.42 Å². The van der Waals surface area contributed by atoms with E-state index < -0.39 is 0 Å². The molecule has 0 bridgehead atoms. The lowest BCUT2D eigenvalue weighted by molar-refractivity contribution is 0.579. The van der Waals surface area contributed by atoms with Crippen LogP contribution in [0.15, 0.2) is 35.1 Å². The van der Waals surface area contributed by atoms with Crippen molar-refractivity contribution in [2.24, 2.45) is 0 Å². The second kappa shape index (κ2) is 2.95. The molecule has 12 heavy (non-hydrogen) atoms. The van der Waals surface area contributed by atoms with Crippen molar-refractivity contribution in [1.29, 1.82) is 0 Å². The fraction of sp³-hybridized carbons (Fsp3) is 0. The van der Waals surface area contributed by atoms with E-state index in [-0.39, 0.29) is 0 Å². The molecule has 4 heteroatoms. The maximum absolute atomic E-state index is 5.72. The number of rotatable bonds is 1. The Balaban J connectivity index is 2.48. The summed E-state index contributed by atoms with van der Waals surface area (Å²) in [5.41, 5.74) is 0.646. The van der Waals surface area contributed by atoms with Crippen LogP contribution in [0.4, 0.5) is 0 Å². The Kier molecular flexibility index (Phi) is 1.80. The van der Waals surface area contributed by atoms with Crippen molar-refractivity contribution >= 4 is 11.6 Å². The summed E-state index contributed by atoms with van der Waals surface area (Å²) in [4.78, 5) is 0. The number of aromatic nitrogens is 2. The molecule has 0 amide bonds. The molecule has 3 nitrogen and oxygen atoms in total. The minimum atomic E-state index is 0.552. The zero-order chi connectivity index (χ0) is 8.39. The van der Waals surface area contributed by atoms with Crippen molar-refractivity contribution in [3.8, 4) is 11.5 Å². The van der Waals surface area contributed by atoms with Crippen LogP contribution in [-0.4, -0.2) is 10.2 Å². The van der Waals surface area contributed by atoms with E-state index in [1.807, 2.05) is 0 Å². The molecule has 0 fully saturated rings. The van der Waals surface area contributed by atoms with Gasteiger partial charge in [-0.15, -0.1) is 5.10 Å². The van der Waals surface area contributed by atoms with Gasteiger partial charge in [0.25, 0.3) is 0 Å². The zero-order valence-corrected chi connectivity index (χ0v) is 6.82. The normalized spacial score (nSPS) is 10.1. The van der Waals surface area contributed by atoms with Crippen molar-refractivity contribution in [3.05, 3.63) is 35.7 Å². The van der Waals surface area contributed by atoms with Gasteiger partial charge >= 0.3 is 0 Å². The molecule has 2 rings (SSSR count). The Labute approximate surface area is 74.0 Å². The van der Waals surface area contributed by atoms with E-state index in [9.17, 15) is 0 Å². The van der Waals surface area contributed by atoms with E-state index in [0.717, 1.165) is 0 Å². The molecule has 0 spiro atoms. The van der Waals surface area contributed by atoms with Gasteiger partial charge in [0.05, 0.1) is 17.5 Å². The van der Waals surface area contributed by atoms with E-state index in [0.29, 0.717) is 16.5 Å². The van der Waals surface area contributed by atoms with E-state index in [1.165, 1.54) is 6.20 Å². The molecule has 0 unspecified atom stereocenters. The fourth-order valence-corrected chi connectivity index (χ4v) is 1.03. The first-order valence-corrected chi connectivity index (χ1v) is 3.76. The van der Waals surface area contributed by atoms with Crippen LogP contribution in [0.25, 0.3) is 11.5 Å². The number of hydrogen-bond donors (Lipinski definition) is 0. The summed E-state index contributed by atoms with van der Waals surface area (Å²) in [5.74, 6) is 0.671. The summed E-state index contributed by atoms with van der Waals surface area (Å²) >= 11 is 5.72. The van der Waals surface area contributed by atoms with Crippen molar-refractivity contribution in [3.63, 3.8) is 0 Å². The summed E-state index contributed by atoms with van der Waals surface area (Å²) in [6.45, 7) is 0. The SMILES string of the molecule is Clc1cnnc(-c2ccco2)c1. The predicted molar refractivity (Wildman–Crippen MR) is 44.7 cm³/mol. The Morgan fingerprint density at radius 3 is 3.00 bits per heavy atom. The van der Waals surface area contributed by atoms with Crippen LogP contribution < -0.4 is 0 Å². The standard InChI is InChI=1S/C8H5ClN2O/c9-6-4-7(11-10-5-6)8-2-1-3-12-8/h1-5H. The number of furan rings is 1. The summed E-state index contributed by atoms with van der Waals surface area (Å²) in [6, 6.07) is 5.30. The largest absolute Gasteiger partial charge is 0.463 e. The van der Waals surface area contributed by atoms with Gasteiger partial charge < -0.3 is 4.42 Å². The molecule has 2 aromatic rings. The molecule has 60 valence electrons. The van der Waals surface area contributed by atoms with E-state index in [1.54, 1.807) is 24.5 Å².